The van der Waals surface area contributed by atoms with Crippen LogP contribution in [0, 0.1) is 6.92 Å². The summed E-state index contributed by atoms with van der Waals surface area (Å²) < 4.78 is 44.7. The highest BCUT2D eigenvalue weighted by molar-refractivity contribution is 5.65. The molecule has 0 amide bonds. The van der Waals surface area contributed by atoms with Crippen molar-refractivity contribution < 1.29 is 13.2 Å². The zero-order valence-corrected chi connectivity index (χ0v) is 16.5. The Labute approximate surface area is 174 Å². The molecule has 4 aromatic rings. The fraction of sp³-hybridized carbons (Fsp3) is 0.111. The molecule has 30 heavy (non-hydrogen) atoms. The molecule has 0 spiro atoms. The van der Waals surface area contributed by atoms with Crippen LogP contribution in [0.15, 0.2) is 109 Å². The van der Waals surface area contributed by atoms with Crippen molar-refractivity contribution in [3.63, 3.8) is 0 Å². The largest absolute Gasteiger partial charge is 0.406 e. The number of hydrogen-bond acceptors (Lipinski definition) is 0. The van der Waals surface area contributed by atoms with Gasteiger partial charge in [0.05, 0.1) is 0 Å². The highest BCUT2D eigenvalue weighted by Gasteiger charge is 2.58. The average molecular weight is 402 g/mol. The van der Waals surface area contributed by atoms with Gasteiger partial charge in [-0.2, -0.15) is 13.2 Å². The van der Waals surface area contributed by atoms with Gasteiger partial charge in [-0.05, 0) is 34.7 Å². The maximum absolute atomic E-state index is 14.9. The highest BCUT2D eigenvalue weighted by atomic mass is 19.4. The fourth-order valence-corrected chi connectivity index (χ4v) is 4.03. The molecule has 0 fully saturated rings. The van der Waals surface area contributed by atoms with Crippen LogP contribution in [0.25, 0.3) is 11.1 Å². The number of aryl methyl sites for hydroxylation is 1. The minimum atomic E-state index is -4.53. The highest BCUT2D eigenvalue weighted by Crippen LogP contribution is 2.51. The van der Waals surface area contributed by atoms with Crippen molar-refractivity contribution in [1.82, 2.24) is 0 Å². The number of rotatable bonds is 4. The predicted octanol–water partition coefficient (Wildman–Crippen LogP) is 7.56. The lowest BCUT2D eigenvalue weighted by atomic mass is 9.68. The van der Waals surface area contributed by atoms with Crippen molar-refractivity contribution in [2.75, 3.05) is 0 Å². The van der Waals surface area contributed by atoms with Crippen molar-refractivity contribution in [3.8, 4) is 11.1 Å². The molecule has 0 bridgehead atoms. The van der Waals surface area contributed by atoms with Crippen molar-refractivity contribution in [2.24, 2.45) is 0 Å². The number of halogens is 3. The third-order valence-corrected chi connectivity index (χ3v) is 5.54. The smallest absolute Gasteiger partial charge is 0.169 e. The van der Waals surface area contributed by atoms with Crippen LogP contribution >= 0.6 is 0 Å². The van der Waals surface area contributed by atoms with Gasteiger partial charge in [-0.1, -0.05) is 115 Å². The average Bonchev–Trinajstić information content (AvgIpc) is 2.76. The fourth-order valence-electron chi connectivity index (χ4n) is 4.03. The monoisotopic (exact) mass is 402 g/mol. The van der Waals surface area contributed by atoms with E-state index >= 15 is 0 Å². The number of benzene rings is 4. The quantitative estimate of drug-likeness (QED) is 0.309. The lowest BCUT2D eigenvalue weighted by molar-refractivity contribution is -0.166. The molecule has 0 radical (unpaired) electrons. The molecule has 0 saturated carbocycles. The van der Waals surface area contributed by atoms with Crippen LogP contribution in [-0.4, -0.2) is 6.18 Å². The summed E-state index contributed by atoms with van der Waals surface area (Å²) in [6.07, 6.45) is -4.53. The van der Waals surface area contributed by atoms with Gasteiger partial charge in [0.15, 0.2) is 0 Å². The van der Waals surface area contributed by atoms with E-state index in [2.05, 4.69) is 0 Å². The molecule has 0 N–H and O–H groups in total. The summed E-state index contributed by atoms with van der Waals surface area (Å²) in [7, 11) is 0. The van der Waals surface area contributed by atoms with Crippen LogP contribution in [0.5, 0.6) is 0 Å². The van der Waals surface area contributed by atoms with Crippen LogP contribution in [0.1, 0.15) is 22.3 Å². The SMILES string of the molecule is Cc1ccc(-c2ccc(C(c3ccccc3)(c3ccccc3)C(F)(F)F)cc2)cc1. The van der Waals surface area contributed by atoms with Gasteiger partial charge in [-0.3, -0.25) is 0 Å². The molecular weight excluding hydrogens is 381 g/mol. The van der Waals surface area contributed by atoms with Crippen molar-refractivity contribution in [1.29, 1.82) is 0 Å². The molecule has 0 aliphatic carbocycles. The molecule has 0 aliphatic heterocycles. The Morgan fingerprint density at radius 2 is 0.833 bits per heavy atom. The Hall–Kier alpha value is -3.33. The third kappa shape index (κ3) is 3.41. The first-order chi connectivity index (χ1) is 14.4. The first-order valence-corrected chi connectivity index (χ1v) is 9.78. The topological polar surface area (TPSA) is 0 Å². The van der Waals surface area contributed by atoms with Crippen LogP contribution in [0.3, 0.4) is 0 Å². The number of alkyl halides is 3. The summed E-state index contributed by atoms with van der Waals surface area (Å²) in [5, 5.41) is 0. The van der Waals surface area contributed by atoms with E-state index in [1.54, 1.807) is 84.9 Å². The van der Waals surface area contributed by atoms with Gasteiger partial charge >= 0.3 is 6.18 Å². The van der Waals surface area contributed by atoms with Gasteiger partial charge in [0.2, 0.25) is 0 Å². The first-order valence-electron chi connectivity index (χ1n) is 9.78. The van der Waals surface area contributed by atoms with Crippen LogP contribution in [-0.2, 0) is 5.41 Å². The molecule has 0 atom stereocenters. The van der Waals surface area contributed by atoms with E-state index in [1.807, 2.05) is 31.2 Å². The van der Waals surface area contributed by atoms with E-state index in [-0.39, 0.29) is 16.7 Å². The summed E-state index contributed by atoms with van der Waals surface area (Å²) in [6, 6.07) is 31.0. The van der Waals surface area contributed by atoms with Gasteiger partial charge in [0.25, 0.3) is 0 Å². The Balaban J connectivity index is 1.93. The summed E-state index contributed by atoms with van der Waals surface area (Å²) in [5.41, 5.74) is 1.35. The second-order valence-corrected chi connectivity index (χ2v) is 7.42. The van der Waals surface area contributed by atoms with Gasteiger partial charge in [-0.15, -0.1) is 0 Å². The van der Waals surface area contributed by atoms with E-state index in [4.69, 9.17) is 0 Å². The van der Waals surface area contributed by atoms with Crippen molar-refractivity contribution in [2.45, 2.75) is 18.5 Å². The first kappa shape index (κ1) is 20.0. The lowest BCUT2D eigenvalue weighted by Gasteiger charge is -2.37. The second kappa shape index (κ2) is 7.83. The summed E-state index contributed by atoms with van der Waals surface area (Å²) in [5.74, 6) is 0. The molecule has 0 nitrogen and oxygen atoms in total. The molecule has 150 valence electrons. The van der Waals surface area contributed by atoms with E-state index in [1.165, 1.54) is 0 Å². The zero-order valence-electron chi connectivity index (χ0n) is 16.5. The van der Waals surface area contributed by atoms with Crippen molar-refractivity contribution >= 4 is 0 Å². The molecule has 0 unspecified atom stereocenters. The maximum atomic E-state index is 14.9. The summed E-state index contributed by atoms with van der Waals surface area (Å²) >= 11 is 0. The Kier molecular flexibility index (Phi) is 5.21. The Morgan fingerprint density at radius 1 is 0.467 bits per heavy atom. The molecule has 3 heteroatoms. The molecule has 0 saturated heterocycles. The van der Waals surface area contributed by atoms with Crippen LogP contribution in [0.2, 0.25) is 0 Å². The summed E-state index contributed by atoms with van der Waals surface area (Å²) in [6.45, 7) is 2.00. The number of hydrogen-bond donors (Lipinski definition) is 0. The van der Waals surface area contributed by atoms with Gasteiger partial charge in [0, 0.05) is 0 Å². The van der Waals surface area contributed by atoms with Crippen molar-refractivity contribution in [3.05, 3.63) is 131 Å². The molecule has 4 aromatic carbocycles. The molecule has 0 aliphatic rings. The molecule has 0 aromatic heterocycles. The van der Waals surface area contributed by atoms with E-state index in [9.17, 15) is 13.2 Å². The minimum absolute atomic E-state index is 0.197. The second-order valence-electron chi connectivity index (χ2n) is 7.42. The van der Waals surface area contributed by atoms with Gasteiger partial charge in [0.1, 0.15) is 5.41 Å². The van der Waals surface area contributed by atoms with E-state index in [0.29, 0.717) is 0 Å². The van der Waals surface area contributed by atoms with Crippen LogP contribution in [0.4, 0.5) is 13.2 Å². The van der Waals surface area contributed by atoms with Gasteiger partial charge in [-0.25, -0.2) is 0 Å². The maximum Gasteiger partial charge on any atom is 0.406 e. The summed E-state index contributed by atoms with van der Waals surface area (Å²) in [4.78, 5) is 0. The zero-order chi connectivity index (χ0) is 21.2. The van der Waals surface area contributed by atoms with E-state index < -0.39 is 11.6 Å². The standard InChI is InChI=1S/C27H21F3/c1-20-12-14-21(15-13-20)22-16-18-25(19-17-22)26(27(28,29)30,23-8-4-2-5-9-23)24-10-6-3-7-11-24/h2-19H,1H3. The van der Waals surface area contributed by atoms with Gasteiger partial charge < -0.3 is 0 Å². The molecule has 4 rings (SSSR count). The predicted molar refractivity (Wildman–Crippen MR) is 115 cm³/mol. The normalized spacial score (nSPS) is 12.0. The minimum Gasteiger partial charge on any atom is -0.169 e. The van der Waals surface area contributed by atoms with Crippen LogP contribution < -0.4 is 0 Å². The molecule has 0 heterocycles. The Morgan fingerprint density at radius 3 is 1.23 bits per heavy atom. The molecular formula is C27H21F3. The van der Waals surface area contributed by atoms with E-state index in [0.717, 1.165) is 16.7 Å². The lowest BCUT2D eigenvalue weighted by Crippen LogP contribution is -2.44. The third-order valence-electron chi connectivity index (χ3n) is 5.54. The Bertz CT molecular complexity index is 1060.